The molecule has 3 aliphatic heterocycles. The van der Waals surface area contributed by atoms with Gasteiger partial charge >= 0.3 is 0 Å². The third-order valence-corrected chi connectivity index (χ3v) is 9.83. The summed E-state index contributed by atoms with van der Waals surface area (Å²) < 4.78 is 22.3. The molecule has 0 saturated carbocycles. The number of ether oxygens (including phenoxy) is 3. The molecule has 5 amide bonds. The van der Waals surface area contributed by atoms with Crippen molar-refractivity contribution in [2.45, 2.75) is 51.2 Å². The van der Waals surface area contributed by atoms with Gasteiger partial charge in [-0.05, 0) is 66.4 Å². The Morgan fingerprint density at radius 1 is 0.907 bits per heavy atom. The Labute approximate surface area is 310 Å². The van der Waals surface area contributed by atoms with Crippen LogP contribution >= 0.6 is 0 Å². The minimum absolute atomic E-state index is 0.00997. The van der Waals surface area contributed by atoms with E-state index in [2.05, 4.69) is 34.6 Å². The maximum Gasteiger partial charge on any atom is 0.295 e. The fourth-order valence-electron chi connectivity index (χ4n) is 6.63. The first-order valence-electron chi connectivity index (χ1n) is 17.8. The normalized spacial score (nSPS) is 17.3. The van der Waals surface area contributed by atoms with Crippen molar-refractivity contribution in [3.63, 3.8) is 0 Å². The molecule has 0 aliphatic carbocycles. The Morgan fingerprint density at radius 3 is 2.26 bits per heavy atom. The highest BCUT2D eigenvalue weighted by Crippen LogP contribution is 2.34. The van der Waals surface area contributed by atoms with E-state index in [-0.39, 0.29) is 53.6 Å². The van der Waals surface area contributed by atoms with Gasteiger partial charge in [-0.25, -0.2) is 0 Å². The average molecular weight is 737 g/mol. The molecule has 15 nitrogen and oxygen atoms in total. The van der Waals surface area contributed by atoms with Gasteiger partial charge in [0.1, 0.15) is 17.5 Å². The first kappa shape index (κ1) is 36.3. The standard InChI is InChI=1S/C39H40N6O9/c1-39(2,25-6-11-28(12-7-25)53-23-33-42-34(43-54-33)38(50)44-17-20-51-21-18-44)24-4-9-27(10-5-24)52-19-3-16-40-26-8-13-29-30(22-26)37(49)45(36(29)48)31-14-15-32(46)41-35(31)47/h4-13,22,31,40H,3,14-21,23H2,1-2H3,(H,41,46,47). The number of carbonyl (C=O) groups is 5. The van der Waals surface area contributed by atoms with Crippen molar-refractivity contribution in [2.24, 2.45) is 0 Å². The lowest BCUT2D eigenvalue weighted by Gasteiger charge is -2.27. The molecule has 54 heavy (non-hydrogen) atoms. The highest BCUT2D eigenvalue weighted by atomic mass is 16.5. The van der Waals surface area contributed by atoms with Crippen molar-refractivity contribution in [1.82, 2.24) is 25.3 Å². The predicted octanol–water partition coefficient (Wildman–Crippen LogP) is 3.73. The van der Waals surface area contributed by atoms with E-state index in [0.29, 0.717) is 57.3 Å². The number of morpholine rings is 1. The highest BCUT2D eigenvalue weighted by molar-refractivity contribution is 6.23. The molecule has 280 valence electrons. The van der Waals surface area contributed by atoms with Gasteiger partial charge in [-0.2, -0.15) is 4.98 Å². The number of piperidine rings is 1. The smallest absolute Gasteiger partial charge is 0.295 e. The van der Waals surface area contributed by atoms with E-state index in [4.69, 9.17) is 18.7 Å². The van der Waals surface area contributed by atoms with E-state index in [1.165, 1.54) is 0 Å². The molecule has 4 heterocycles. The number of nitrogens with one attached hydrogen (secondary N) is 2. The fourth-order valence-corrected chi connectivity index (χ4v) is 6.63. The fraction of sp³-hybridized carbons (Fsp3) is 0.359. The Kier molecular flexibility index (Phi) is 10.4. The van der Waals surface area contributed by atoms with Gasteiger partial charge in [-0.3, -0.25) is 34.2 Å². The lowest BCUT2D eigenvalue weighted by atomic mass is 9.78. The second kappa shape index (κ2) is 15.5. The van der Waals surface area contributed by atoms with E-state index in [0.717, 1.165) is 21.8 Å². The zero-order valence-corrected chi connectivity index (χ0v) is 30.0. The number of amides is 5. The third-order valence-electron chi connectivity index (χ3n) is 9.83. The van der Waals surface area contributed by atoms with Crippen molar-refractivity contribution in [2.75, 3.05) is 44.8 Å². The summed E-state index contributed by atoms with van der Waals surface area (Å²) in [5.41, 5.74) is 3.03. The number of hydrogen-bond acceptors (Lipinski definition) is 12. The number of fused-ring (bicyclic) bond motifs is 1. The summed E-state index contributed by atoms with van der Waals surface area (Å²) in [4.78, 5) is 69.2. The van der Waals surface area contributed by atoms with Crippen LogP contribution in [0.15, 0.2) is 71.3 Å². The molecular formula is C39H40N6O9. The van der Waals surface area contributed by atoms with Gasteiger partial charge in [0.05, 0.1) is 30.9 Å². The molecule has 0 spiro atoms. The summed E-state index contributed by atoms with van der Waals surface area (Å²) in [6.07, 6.45) is 0.858. The van der Waals surface area contributed by atoms with Crippen molar-refractivity contribution in [3.8, 4) is 11.5 Å². The van der Waals surface area contributed by atoms with Gasteiger partial charge in [-0.1, -0.05) is 43.3 Å². The Balaban J connectivity index is 0.855. The number of anilines is 1. The third kappa shape index (κ3) is 7.67. The van der Waals surface area contributed by atoms with Gasteiger partial charge in [0, 0.05) is 37.2 Å². The minimum Gasteiger partial charge on any atom is -0.494 e. The van der Waals surface area contributed by atoms with E-state index in [1.807, 2.05) is 48.5 Å². The summed E-state index contributed by atoms with van der Waals surface area (Å²) in [7, 11) is 0. The SMILES string of the molecule is CC(C)(c1ccc(OCCCNc2ccc3c(c2)C(=O)N(C2CCC(=O)NC2=O)C3=O)cc1)c1ccc(OCc2nc(C(=O)N3CCOCC3)no2)cc1. The summed E-state index contributed by atoms with van der Waals surface area (Å²) in [5.74, 6) is -0.815. The maximum absolute atomic E-state index is 13.1. The van der Waals surface area contributed by atoms with Crippen molar-refractivity contribution >= 4 is 35.2 Å². The molecule has 2 N–H and O–H groups in total. The van der Waals surface area contributed by atoms with Crippen LogP contribution in [0.25, 0.3) is 0 Å². The number of imide groups is 2. The minimum atomic E-state index is -0.998. The van der Waals surface area contributed by atoms with Crippen LogP contribution in [0.1, 0.15) is 81.5 Å². The lowest BCUT2D eigenvalue weighted by molar-refractivity contribution is -0.136. The van der Waals surface area contributed by atoms with Crippen LogP contribution in [0.4, 0.5) is 5.69 Å². The quantitative estimate of drug-likeness (QED) is 0.150. The van der Waals surface area contributed by atoms with Crippen LogP contribution < -0.4 is 20.1 Å². The summed E-state index contributed by atoms with van der Waals surface area (Å²) in [6.45, 7) is 7.31. The van der Waals surface area contributed by atoms with Gasteiger partial charge in [0.15, 0.2) is 6.61 Å². The molecule has 4 aromatic rings. The maximum atomic E-state index is 13.1. The van der Waals surface area contributed by atoms with Crippen molar-refractivity contribution in [1.29, 1.82) is 0 Å². The topological polar surface area (TPSA) is 182 Å². The zero-order chi connectivity index (χ0) is 37.8. The number of nitrogens with zero attached hydrogens (tertiary/aromatic N) is 4. The van der Waals surface area contributed by atoms with Crippen LogP contribution in [0, 0.1) is 0 Å². The first-order valence-corrected chi connectivity index (χ1v) is 17.8. The number of benzene rings is 3. The molecule has 1 atom stereocenters. The number of hydrogen-bond donors (Lipinski definition) is 2. The summed E-state index contributed by atoms with van der Waals surface area (Å²) in [5, 5.41) is 9.28. The Morgan fingerprint density at radius 2 is 1.57 bits per heavy atom. The van der Waals surface area contributed by atoms with Crippen LogP contribution in [-0.4, -0.2) is 95.0 Å². The van der Waals surface area contributed by atoms with Gasteiger partial charge < -0.3 is 29.0 Å². The second-order valence-corrected chi connectivity index (χ2v) is 13.7. The summed E-state index contributed by atoms with van der Waals surface area (Å²) in [6, 6.07) is 19.7. The second-order valence-electron chi connectivity index (χ2n) is 13.7. The molecule has 1 unspecified atom stereocenters. The van der Waals surface area contributed by atoms with E-state index in [1.54, 1.807) is 23.1 Å². The Bertz CT molecular complexity index is 2060. The molecule has 1 aromatic heterocycles. The molecule has 3 aromatic carbocycles. The monoisotopic (exact) mass is 736 g/mol. The molecular weight excluding hydrogens is 696 g/mol. The molecule has 2 saturated heterocycles. The molecule has 0 bridgehead atoms. The number of aromatic nitrogens is 2. The largest absolute Gasteiger partial charge is 0.494 e. The van der Waals surface area contributed by atoms with Crippen molar-refractivity contribution < 1.29 is 42.7 Å². The molecule has 3 aliphatic rings. The van der Waals surface area contributed by atoms with Crippen LogP contribution in [0.5, 0.6) is 11.5 Å². The molecule has 7 rings (SSSR count). The van der Waals surface area contributed by atoms with E-state index in [9.17, 15) is 24.0 Å². The zero-order valence-electron chi connectivity index (χ0n) is 30.0. The predicted molar refractivity (Wildman–Crippen MR) is 192 cm³/mol. The highest BCUT2D eigenvalue weighted by Gasteiger charge is 2.44. The molecule has 0 radical (unpaired) electrons. The van der Waals surface area contributed by atoms with Crippen molar-refractivity contribution in [3.05, 3.63) is 101 Å². The number of rotatable bonds is 13. The van der Waals surface area contributed by atoms with E-state index >= 15 is 0 Å². The average Bonchev–Trinajstić information content (AvgIpc) is 3.76. The van der Waals surface area contributed by atoms with Crippen LogP contribution in [0.2, 0.25) is 0 Å². The molecule has 2 fully saturated rings. The first-order chi connectivity index (χ1) is 26.1. The Hall–Kier alpha value is -6.09. The van der Waals surface area contributed by atoms with E-state index < -0.39 is 29.7 Å². The van der Waals surface area contributed by atoms with Crippen LogP contribution in [-0.2, 0) is 26.3 Å². The molecule has 15 heteroatoms. The summed E-state index contributed by atoms with van der Waals surface area (Å²) >= 11 is 0. The van der Waals surface area contributed by atoms with Gasteiger partial charge in [0.25, 0.3) is 29.4 Å². The lowest BCUT2D eigenvalue weighted by Crippen LogP contribution is -2.54. The van der Waals surface area contributed by atoms with Gasteiger partial charge in [-0.15, -0.1) is 0 Å². The van der Waals surface area contributed by atoms with Crippen LogP contribution in [0.3, 0.4) is 0 Å². The van der Waals surface area contributed by atoms with Gasteiger partial charge in [0.2, 0.25) is 11.8 Å². The number of carbonyl (C=O) groups excluding carboxylic acids is 5.